The lowest BCUT2D eigenvalue weighted by molar-refractivity contribution is -0.178. The van der Waals surface area contributed by atoms with E-state index in [0.29, 0.717) is 11.5 Å². The molecule has 0 amide bonds. The standard InChI is InChI=1S/C14H22O2/c1-9-6-7-11-8-14(9,13(11,3)4)10(2)12(15)16-5/h9,11H,2,6-8H2,1,3-5H3. The molecule has 3 aliphatic rings. The fourth-order valence-corrected chi connectivity index (χ4v) is 4.25. The highest BCUT2D eigenvalue weighted by Crippen LogP contribution is 2.72. The Balaban J connectivity index is 2.36. The zero-order valence-electron chi connectivity index (χ0n) is 10.8. The van der Waals surface area contributed by atoms with Gasteiger partial charge in [-0.3, -0.25) is 0 Å². The number of hydrogen-bond donors (Lipinski definition) is 0. The zero-order valence-corrected chi connectivity index (χ0v) is 10.8. The van der Waals surface area contributed by atoms with Crippen LogP contribution in [0.1, 0.15) is 40.0 Å². The first-order valence-electron chi connectivity index (χ1n) is 6.15. The van der Waals surface area contributed by atoms with Crippen LogP contribution in [0.2, 0.25) is 0 Å². The molecule has 0 aromatic carbocycles. The van der Waals surface area contributed by atoms with Gasteiger partial charge in [-0.15, -0.1) is 0 Å². The molecule has 0 aliphatic heterocycles. The van der Waals surface area contributed by atoms with Crippen LogP contribution in [0.25, 0.3) is 0 Å². The van der Waals surface area contributed by atoms with Gasteiger partial charge in [-0.2, -0.15) is 0 Å². The minimum Gasteiger partial charge on any atom is -0.466 e. The summed E-state index contributed by atoms with van der Waals surface area (Å²) in [7, 11) is 1.45. The summed E-state index contributed by atoms with van der Waals surface area (Å²) < 4.78 is 4.86. The van der Waals surface area contributed by atoms with Crippen LogP contribution in [0.3, 0.4) is 0 Å². The van der Waals surface area contributed by atoms with Crippen molar-refractivity contribution in [2.24, 2.45) is 22.7 Å². The van der Waals surface area contributed by atoms with Gasteiger partial charge in [0.1, 0.15) is 0 Å². The largest absolute Gasteiger partial charge is 0.466 e. The van der Waals surface area contributed by atoms with Crippen molar-refractivity contribution in [2.75, 3.05) is 7.11 Å². The molecule has 0 N–H and O–H groups in total. The molecule has 0 heterocycles. The molecule has 16 heavy (non-hydrogen) atoms. The average molecular weight is 222 g/mol. The molecule has 3 aliphatic carbocycles. The summed E-state index contributed by atoms with van der Waals surface area (Å²) >= 11 is 0. The first kappa shape index (κ1) is 11.7. The van der Waals surface area contributed by atoms with Crippen LogP contribution in [0.5, 0.6) is 0 Å². The third kappa shape index (κ3) is 1.11. The molecule has 90 valence electrons. The molecule has 0 aromatic heterocycles. The van der Waals surface area contributed by atoms with Crippen molar-refractivity contribution in [3.05, 3.63) is 12.2 Å². The molecule has 2 bridgehead atoms. The highest BCUT2D eigenvalue weighted by molar-refractivity contribution is 5.90. The number of methoxy groups -OCH3 is 1. The van der Waals surface area contributed by atoms with Crippen LogP contribution in [0, 0.1) is 22.7 Å². The van der Waals surface area contributed by atoms with Gasteiger partial charge in [0.05, 0.1) is 7.11 Å². The van der Waals surface area contributed by atoms with Crippen LogP contribution in [0.4, 0.5) is 0 Å². The van der Waals surface area contributed by atoms with E-state index in [2.05, 4.69) is 27.4 Å². The first-order chi connectivity index (χ1) is 7.38. The van der Waals surface area contributed by atoms with E-state index in [1.54, 1.807) is 0 Å². The topological polar surface area (TPSA) is 26.3 Å². The van der Waals surface area contributed by atoms with E-state index in [4.69, 9.17) is 4.74 Å². The molecule has 0 saturated heterocycles. The minimum atomic E-state index is -0.222. The predicted molar refractivity (Wildman–Crippen MR) is 63.9 cm³/mol. The zero-order chi connectivity index (χ0) is 12.1. The highest BCUT2D eigenvalue weighted by atomic mass is 16.5. The number of carbonyl (C=O) groups excluding carboxylic acids is 1. The predicted octanol–water partition coefficient (Wildman–Crippen LogP) is 3.18. The second kappa shape index (κ2) is 3.35. The molecule has 0 spiro atoms. The van der Waals surface area contributed by atoms with Gasteiger partial charge in [0.2, 0.25) is 0 Å². The summed E-state index contributed by atoms with van der Waals surface area (Å²) in [5, 5.41) is 0. The Labute approximate surface area is 98.1 Å². The Morgan fingerprint density at radius 2 is 2.00 bits per heavy atom. The maximum Gasteiger partial charge on any atom is 0.333 e. The second-order valence-electron chi connectivity index (χ2n) is 6.04. The third-order valence-electron chi connectivity index (χ3n) is 5.50. The number of ether oxygens (including phenoxy) is 1. The maximum atomic E-state index is 11.8. The fraction of sp³-hybridized carbons (Fsp3) is 0.786. The third-order valence-corrected chi connectivity index (χ3v) is 5.50. The summed E-state index contributed by atoms with van der Waals surface area (Å²) in [6, 6.07) is 0. The van der Waals surface area contributed by atoms with E-state index in [1.807, 2.05) is 0 Å². The molecule has 3 atom stereocenters. The maximum absolute atomic E-state index is 11.8. The van der Waals surface area contributed by atoms with Gasteiger partial charge in [-0.05, 0) is 36.5 Å². The van der Waals surface area contributed by atoms with Gasteiger partial charge in [0.25, 0.3) is 0 Å². The quantitative estimate of drug-likeness (QED) is 0.530. The van der Waals surface area contributed by atoms with E-state index in [0.717, 1.165) is 12.3 Å². The van der Waals surface area contributed by atoms with Crippen LogP contribution in [-0.2, 0) is 9.53 Å². The van der Waals surface area contributed by atoms with Crippen molar-refractivity contribution in [1.29, 1.82) is 0 Å². The van der Waals surface area contributed by atoms with E-state index in [-0.39, 0.29) is 16.8 Å². The van der Waals surface area contributed by atoms with E-state index in [9.17, 15) is 4.79 Å². The fourth-order valence-electron chi connectivity index (χ4n) is 4.25. The van der Waals surface area contributed by atoms with Crippen LogP contribution in [-0.4, -0.2) is 13.1 Å². The van der Waals surface area contributed by atoms with Crippen molar-refractivity contribution in [2.45, 2.75) is 40.0 Å². The van der Waals surface area contributed by atoms with Crippen molar-refractivity contribution in [1.82, 2.24) is 0 Å². The Hall–Kier alpha value is -0.790. The summed E-state index contributed by atoms with van der Waals surface area (Å²) in [4.78, 5) is 11.8. The van der Waals surface area contributed by atoms with Crippen LogP contribution in [0.15, 0.2) is 12.2 Å². The summed E-state index contributed by atoms with van der Waals surface area (Å²) in [6.45, 7) is 10.9. The van der Waals surface area contributed by atoms with Crippen molar-refractivity contribution >= 4 is 5.97 Å². The molecule has 3 rings (SSSR count). The van der Waals surface area contributed by atoms with Gasteiger partial charge in [0.15, 0.2) is 0 Å². The van der Waals surface area contributed by atoms with Gasteiger partial charge >= 0.3 is 5.97 Å². The average Bonchev–Trinajstić information content (AvgIpc) is 2.26. The van der Waals surface area contributed by atoms with E-state index >= 15 is 0 Å². The van der Waals surface area contributed by atoms with Gasteiger partial charge in [-0.25, -0.2) is 4.79 Å². The Morgan fingerprint density at radius 1 is 1.38 bits per heavy atom. The second-order valence-corrected chi connectivity index (χ2v) is 6.04. The molecule has 0 radical (unpaired) electrons. The number of hydrogen-bond acceptors (Lipinski definition) is 2. The molecule has 3 fully saturated rings. The van der Waals surface area contributed by atoms with Crippen LogP contribution >= 0.6 is 0 Å². The van der Waals surface area contributed by atoms with Crippen molar-refractivity contribution in [3.8, 4) is 0 Å². The highest BCUT2D eigenvalue weighted by Gasteiger charge is 2.66. The Kier molecular flexibility index (Phi) is 2.45. The molecular formula is C14H22O2. The number of rotatable bonds is 2. The number of fused-ring (bicyclic) bond motifs is 2. The monoisotopic (exact) mass is 222 g/mol. The molecule has 3 saturated carbocycles. The molecule has 2 heteroatoms. The van der Waals surface area contributed by atoms with Gasteiger partial charge in [0, 0.05) is 11.0 Å². The molecule has 2 nitrogen and oxygen atoms in total. The SMILES string of the molecule is C=C(C(=O)OC)C12CC(CCC1C)C2(C)C. The molecule has 0 aromatic rings. The van der Waals surface area contributed by atoms with E-state index < -0.39 is 0 Å². The van der Waals surface area contributed by atoms with Gasteiger partial charge in [-0.1, -0.05) is 27.4 Å². The number of esters is 1. The smallest absolute Gasteiger partial charge is 0.333 e. The lowest BCUT2D eigenvalue weighted by Gasteiger charge is -2.68. The van der Waals surface area contributed by atoms with Gasteiger partial charge < -0.3 is 4.74 Å². The Bertz CT molecular complexity index is 343. The van der Waals surface area contributed by atoms with Crippen molar-refractivity contribution < 1.29 is 9.53 Å². The van der Waals surface area contributed by atoms with E-state index in [1.165, 1.54) is 20.0 Å². The first-order valence-corrected chi connectivity index (χ1v) is 6.15. The van der Waals surface area contributed by atoms with Crippen LogP contribution < -0.4 is 0 Å². The lowest BCUT2D eigenvalue weighted by Crippen LogP contribution is -2.63. The molecular weight excluding hydrogens is 200 g/mol. The normalized spacial score (nSPS) is 39.8. The van der Waals surface area contributed by atoms with Crippen molar-refractivity contribution in [3.63, 3.8) is 0 Å². The summed E-state index contributed by atoms with van der Waals surface area (Å²) in [6.07, 6.45) is 3.63. The summed E-state index contributed by atoms with van der Waals surface area (Å²) in [5.41, 5.74) is 0.891. The number of carbonyl (C=O) groups is 1. The summed E-state index contributed by atoms with van der Waals surface area (Å²) in [5.74, 6) is 1.07. The Morgan fingerprint density at radius 3 is 2.44 bits per heavy atom. The molecule has 3 unspecified atom stereocenters. The lowest BCUT2D eigenvalue weighted by atomic mass is 9.35. The minimum absolute atomic E-state index is 0.0109.